The summed E-state index contributed by atoms with van der Waals surface area (Å²) < 4.78 is 0. The molecule has 4 rings (SSSR count). The Morgan fingerprint density at radius 3 is 2.33 bits per heavy atom. The highest BCUT2D eigenvalue weighted by Crippen LogP contribution is 2.26. The lowest BCUT2D eigenvalue weighted by Gasteiger charge is -2.23. The molecule has 3 aromatic rings. The number of nitrogens with one attached hydrogen (secondary N) is 2. The Kier molecular flexibility index (Phi) is 6.10. The Morgan fingerprint density at radius 2 is 1.67 bits per heavy atom. The average Bonchev–Trinajstić information content (AvgIpc) is 3.20. The van der Waals surface area contributed by atoms with Crippen molar-refractivity contribution >= 4 is 34.6 Å². The molecular weight excluding hydrogens is 390 g/mol. The normalized spacial score (nSPS) is 14.4. The molecule has 5 heteroatoms. The highest BCUT2D eigenvalue weighted by atomic mass is 32.1. The summed E-state index contributed by atoms with van der Waals surface area (Å²) in [6, 6.07) is 26.4. The van der Waals surface area contributed by atoms with Crippen molar-refractivity contribution in [2.75, 3.05) is 16.8 Å². The van der Waals surface area contributed by atoms with Crippen molar-refractivity contribution in [1.82, 2.24) is 5.32 Å². The molecule has 3 aromatic carbocycles. The highest BCUT2D eigenvalue weighted by Gasteiger charge is 2.21. The Morgan fingerprint density at radius 1 is 0.967 bits per heavy atom. The zero-order chi connectivity index (χ0) is 20.9. The zero-order valence-corrected chi connectivity index (χ0v) is 17.8. The number of hydrogen-bond donors (Lipinski definition) is 2. The second-order valence-electron chi connectivity index (χ2n) is 7.49. The Labute approximate surface area is 182 Å². The van der Waals surface area contributed by atoms with Crippen LogP contribution in [-0.4, -0.2) is 17.6 Å². The standard InChI is InChI=1S/C25H25N3OS/c1-18-8-5-6-11-22(18)24(19-9-3-2-4-10-19)27-25(30)26-20-13-15-21(16-14-20)28-17-7-12-23(28)29/h2-6,8-11,13-16,24H,7,12,17H2,1H3,(H2,26,27,30)/t24-/m1/s1. The van der Waals surface area contributed by atoms with E-state index in [-0.39, 0.29) is 11.9 Å². The first kappa shape index (κ1) is 20.1. The lowest BCUT2D eigenvalue weighted by atomic mass is 9.95. The van der Waals surface area contributed by atoms with E-state index in [4.69, 9.17) is 12.2 Å². The van der Waals surface area contributed by atoms with Gasteiger partial charge in [-0.05, 0) is 66.5 Å². The van der Waals surface area contributed by atoms with Gasteiger partial charge in [-0.1, -0.05) is 54.6 Å². The van der Waals surface area contributed by atoms with Crippen LogP contribution < -0.4 is 15.5 Å². The molecule has 0 aromatic heterocycles. The largest absolute Gasteiger partial charge is 0.352 e. The van der Waals surface area contributed by atoms with Gasteiger partial charge in [-0.15, -0.1) is 0 Å². The van der Waals surface area contributed by atoms with E-state index in [0.717, 1.165) is 29.9 Å². The summed E-state index contributed by atoms with van der Waals surface area (Å²) in [6.45, 7) is 2.91. The Bertz CT molecular complexity index is 1030. The number of benzene rings is 3. The van der Waals surface area contributed by atoms with Crippen molar-refractivity contribution in [2.45, 2.75) is 25.8 Å². The van der Waals surface area contributed by atoms with E-state index >= 15 is 0 Å². The van der Waals surface area contributed by atoms with Gasteiger partial charge in [-0.25, -0.2) is 0 Å². The second kappa shape index (κ2) is 9.09. The number of amides is 1. The van der Waals surface area contributed by atoms with Crippen LogP contribution in [0.5, 0.6) is 0 Å². The van der Waals surface area contributed by atoms with Crippen molar-refractivity contribution in [3.63, 3.8) is 0 Å². The molecule has 0 bridgehead atoms. The van der Waals surface area contributed by atoms with Gasteiger partial charge in [0.1, 0.15) is 0 Å². The molecule has 1 fully saturated rings. The Balaban J connectivity index is 1.49. The molecule has 0 spiro atoms. The van der Waals surface area contributed by atoms with Crippen LogP contribution in [0.15, 0.2) is 78.9 Å². The molecule has 4 nitrogen and oxygen atoms in total. The maximum Gasteiger partial charge on any atom is 0.227 e. The number of nitrogens with zero attached hydrogens (tertiary/aromatic N) is 1. The van der Waals surface area contributed by atoms with Gasteiger partial charge in [0.05, 0.1) is 6.04 Å². The molecule has 0 radical (unpaired) electrons. The molecule has 2 N–H and O–H groups in total. The number of rotatable bonds is 5. The fourth-order valence-corrected chi connectivity index (χ4v) is 4.08. The number of hydrogen-bond acceptors (Lipinski definition) is 2. The second-order valence-corrected chi connectivity index (χ2v) is 7.90. The summed E-state index contributed by atoms with van der Waals surface area (Å²) in [7, 11) is 0. The third kappa shape index (κ3) is 4.52. The zero-order valence-electron chi connectivity index (χ0n) is 17.0. The van der Waals surface area contributed by atoms with E-state index in [2.05, 4.69) is 47.9 Å². The van der Waals surface area contributed by atoms with Crippen LogP contribution in [0, 0.1) is 6.92 Å². The third-order valence-electron chi connectivity index (χ3n) is 5.42. The van der Waals surface area contributed by atoms with Crippen LogP contribution in [0.2, 0.25) is 0 Å². The lowest BCUT2D eigenvalue weighted by Crippen LogP contribution is -2.33. The molecule has 1 saturated heterocycles. The van der Waals surface area contributed by atoms with E-state index in [0.29, 0.717) is 11.5 Å². The van der Waals surface area contributed by atoms with Gasteiger partial charge in [-0.2, -0.15) is 0 Å². The predicted octanol–water partition coefficient (Wildman–Crippen LogP) is 5.20. The van der Waals surface area contributed by atoms with Crippen molar-refractivity contribution in [3.05, 3.63) is 95.6 Å². The SMILES string of the molecule is Cc1ccccc1[C@H](NC(=S)Nc1ccc(N2CCCC2=O)cc1)c1ccccc1. The van der Waals surface area contributed by atoms with E-state index in [1.807, 2.05) is 53.4 Å². The molecule has 1 aliphatic heterocycles. The summed E-state index contributed by atoms with van der Waals surface area (Å²) in [6.07, 6.45) is 1.56. The molecule has 1 amide bonds. The first-order chi connectivity index (χ1) is 14.6. The van der Waals surface area contributed by atoms with E-state index in [1.54, 1.807) is 0 Å². The average molecular weight is 416 g/mol. The lowest BCUT2D eigenvalue weighted by molar-refractivity contribution is -0.117. The number of carbonyl (C=O) groups is 1. The van der Waals surface area contributed by atoms with Gasteiger partial charge in [-0.3, -0.25) is 4.79 Å². The van der Waals surface area contributed by atoms with Crippen LogP contribution in [0.3, 0.4) is 0 Å². The molecule has 0 aliphatic carbocycles. The van der Waals surface area contributed by atoms with E-state index in [1.165, 1.54) is 11.1 Å². The topological polar surface area (TPSA) is 44.4 Å². The third-order valence-corrected chi connectivity index (χ3v) is 5.64. The smallest absolute Gasteiger partial charge is 0.227 e. The minimum atomic E-state index is -0.0473. The van der Waals surface area contributed by atoms with Crippen molar-refractivity contribution < 1.29 is 4.79 Å². The first-order valence-electron chi connectivity index (χ1n) is 10.2. The molecule has 0 saturated carbocycles. The molecule has 152 valence electrons. The van der Waals surface area contributed by atoms with Gasteiger partial charge in [0.15, 0.2) is 5.11 Å². The molecule has 30 heavy (non-hydrogen) atoms. The van der Waals surface area contributed by atoms with E-state index in [9.17, 15) is 4.79 Å². The fourth-order valence-electron chi connectivity index (χ4n) is 3.84. The van der Waals surface area contributed by atoms with E-state index < -0.39 is 0 Å². The number of aryl methyl sites for hydroxylation is 1. The minimum Gasteiger partial charge on any atom is -0.352 e. The minimum absolute atomic E-state index is 0.0473. The number of carbonyl (C=O) groups excluding carboxylic acids is 1. The van der Waals surface area contributed by atoms with Gasteiger partial charge in [0.25, 0.3) is 0 Å². The van der Waals surface area contributed by atoms with Gasteiger partial charge in [0, 0.05) is 24.3 Å². The number of thiocarbonyl (C=S) groups is 1. The monoisotopic (exact) mass is 415 g/mol. The summed E-state index contributed by atoms with van der Waals surface area (Å²) in [5, 5.41) is 7.30. The highest BCUT2D eigenvalue weighted by molar-refractivity contribution is 7.80. The molecular formula is C25H25N3OS. The van der Waals surface area contributed by atoms with Crippen LogP contribution in [-0.2, 0) is 4.79 Å². The maximum atomic E-state index is 11.9. The van der Waals surface area contributed by atoms with Crippen molar-refractivity contribution in [2.24, 2.45) is 0 Å². The van der Waals surface area contributed by atoms with Gasteiger partial charge in [0.2, 0.25) is 5.91 Å². The summed E-state index contributed by atoms with van der Waals surface area (Å²) in [4.78, 5) is 13.8. The molecule has 1 atom stereocenters. The Hall–Kier alpha value is -3.18. The maximum absolute atomic E-state index is 11.9. The summed E-state index contributed by atoms with van der Waals surface area (Å²) in [5.74, 6) is 0.192. The van der Waals surface area contributed by atoms with Crippen molar-refractivity contribution in [1.29, 1.82) is 0 Å². The van der Waals surface area contributed by atoms with Crippen LogP contribution in [0.4, 0.5) is 11.4 Å². The first-order valence-corrected chi connectivity index (χ1v) is 10.6. The summed E-state index contributed by atoms with van der Waals surface area (Å²) in [5.41, 5.74) is 5.37. The summed E-state index contributed by atoms with van der Waals surface area (Å²) >= 11 is 5.63. The fraction of sp³-hybridized carbons (Fsp3) is 0.200. The van der Waals surface area contributed by atoms with Crippen LogP contribution >= 0.6 is 12.2 Å². The molecule has 1 aliphatic rings. The predicted molar refractivity (Wildman–Crippen MR) is 127 cm³/mol. The van der Waals surface area contributed by atoms with Gasteiger partial charge >= 0.3 is 0 Å². The van der Waals surface area contributed by atoms with Crippen LogP contribution in [0.1, 0.15) is 35.6 Å². The number of anilines is 2. The molecule has 1 heterocycles. The van der Waals surface area contributed by atoms with Crippen molar-refractivity contribution in [3.8, 4) is 0 Å². The van der Waals surface area contributed by atoms with Crippen LogP contribution in [0.25, 0.3) is 0 Å². The van der Waals surface area contributed by atoms with Gasteiger partial charge < -0.3 is 15.5 Å². The quantitative estimate of drug-likeness (QED) is 0.563. The molecule has 0 unspecified atom stereocenters.